The Morgan fingerprint density at radius 2 is 1.73 bits per heavy atom. The predicted molar refractivity (Wildman–Crippen MR) is 59.7 cm³/mol. The zero-order valence-corrected chi connectivity index (χ0v) is 9.78. The van der Waals surface area contributed by atoms with Gasteiger partial charge < -0.3 is 5.32 Å². The second-order valence-corrected chi connectivity index (χ2v) is 3.91. The summed E-state index contributed by atoms with van der Waals surface area (Å²) in [6, 6.07) is 0. The topological polar surface area (TPSA) is 46.2 Å². The van der Waals surface area contributed by atoms with Gasteiger partial charge in [-0.25, -0.2) is 0 Å². The van der Waals surface area contributed by atoms with Crippen LogP contribution in [-0.4, -0.2) is 18.1 Å². The highest BCUT2D eigenvalue weighted by Gasteiger charge is 2.33. The number of Topliss-reactive ketones (excluding diaryl/α,β-unsaturated/α-hetero) is 2. The van der Waals surface area contributed by atoms with E-state index in [-0.39, 0.29) is 15.6 Å². The van der Waals surface area contributed by atoms with E-state index in [4.69, 9.17) is 23.2 Å². The highest BCUT2D eigenvalue weighted by Crippen LogP contribution is 2.29. The van der Waals surface area contributed by atoms with Gasteiger partial charge in [-0.2, -0.15) is 0 Å². The molecule has 0 aliphatic heterocycles. The van der Waals surface area contributed by atoms with E-state index in [1.807, 2.05) is 0 Å². The average molecular weight is 248 g/mol. The van der Waals surface area contributed by atoms with Crippen LogP contribution >= 0.6 is 23.2 Å². The molecule has 0 saturated heterocycles. The van der Waals surface area contributed by atoms with Gasteiger partial charge in [0.25, 0.3) is 0 Å². The van der Waals surface area contributed by atoms with Crippen LogP contribution in [0.25, 0.3) is 0 Å². The maximum atomic E-state index is 11.4. The fourth-order valence-electron chi connectivity index (χ4n) is 1.12. The van der Waals surface area contributed by atoms with Crippen molar-refractivity contribution in [1.29, 1.82) is 0 Å². The first-order valence-electron chi connectivity index (χ1n) is 4.67. The van der Waals surface area contributed by atoms with Crippen molar-refractivity contribution in [3.05, 3.63) is 21.8 Å². The van der Waals surface area contributed by atoms with Crippen LogP contribution < -0.4 is 5.32 Å². The zero-order valence-electron chi connectivity index (χ0n) is 8.27. The summed E-state index contributed by atoms with van der Waals surface area (Å²) < 4.78 is 0. The molecule has 0 fully saturated rings. The second-order valence-electron chi connectivity index (χ2n) is 3.15. The number of hydrogen-bond acceptors (Lipinski definition) is 3. The lowest BCUT2D eigenvalue weighted by atomic mass is 10.2. The van der Waals surface area contributed by atoms with E-state index in [2.05, 4.69) is 12.2 Å². The van der Waals surface area contributed by atoms with Gasteiger partial charge in [-0.05, 0) is 6.42 Å². The lowest BCUT2D eigenvalue weighted by Gasteiger charge is -1.99. The van der Waals surface area contributed by atoms with Gasteiger partial charge >= 0.3 is 0 Å². The normalized spacial score (nSPS) is 16.3. The van der Waals surface area contributed by atoms with E-state index in [1.165, 1.54) is 6.20 Å². The van der Waals surface area contributed by atoms with Gasteiger partial charge in [-0.15, -0.1) is 0 Å². The summed E-state index contributed by atoms with van der Waals surface area (Å²) in [5, 5.41) is 2.50. The molecule has 0 aromatic carbocycles. The minimum absolute atomic E-state index is 0.0149. The molecular weight excluding hydrogens is 237 g/mol. The number of unbranched alkanes of at least 4 members (excludes halogenated alkanes) is 1. The molecule has 1 aliphatic carbocycles. The van der Waals surface area contributed by atoms with Gasteiger partial charge in [0.2, 0.25) is 11.6 Å². The van der Waals surface area contributed by atoms with E-state index < -0.39 is 11.6 Å². The van der Waals surface area contributed by atoms with E-state index in [0.29, 0.717) is 0 Å². The minimum atomic E-state index is -0.504. The summed E-state index contributed by atoms with van der Waals surface area (Å²) in [5.74, 6) is -1.01. The number of hydrogen-bond donors (Lipinski definition) is 1. The summed E-state index contributed by atoms with van der Waals surface area (Å²) in [6.45, 7) is 2.77. The van der Waals surface area contributed by atoms with Crippen molar-refractivity contribution in [2.24, 2.45) is 0 Å². The van der Waals surface area contributed by atoms with Crippen molar-refractivity contribution in [2.75, 3.05) is 6.54 Å². The van der Waals surface area contributed by atoms with Crippen LogP contribution in [0.5, 0.6) is 0 Å². The van der Waals surface area contributed by atoms with Gasteiger partial charge in [0, 0.05) is 12.7 Å². The Balaban J connectivity index is 2.66. The Labute approximate surface area is 98.1 Å². The number of rotatable bonds is 4. The summed E-state index contributed by atoms with van der Waals surface area (Å²) in [6.07, 6.45) is 3.40. The molecule has 1 N–H and O–H groups in total. The number of halogens is 2. The molecule has 0 atom stereocenters. The molecule has 0 aromatic rings. The Hall–Kier alpha value is -0.800. The van der Waals surface area contributed by atoms with Crippen molar-refractivity contribution in [3.8, 4) is 0 Å². The maximum Gasteiger partial charge on any atom is 0.211 e. The maximum absolute atomic E-state index is 11.4. The van der Waals surface area contributed by atoms with Gasteiger partial charge in [0.1, 0.15) is 10.1 Å². The van der Waals surface area contributed by atoms with Crippen LogP contribution in [0, 0.1) is 0 Å². The lowest BCUT2D eigenvalue weighted by Crippen LogP contribution is -2.12. The number of nitrogens with one attached hydrogen (secondary N) is 1. The molecule has 0 amide bonds. The van der Waals surface area contributed by atoms with Gasteiger partial charge in [-0.3, -0.25) is 9.59 Å². The highest BCUT2D eigenvalue weighted by atomic mass is 35.5. The molecule has 0 unspecified atom stereocenters. The van der Waals surface area contributed by atoms with Crippen LogP contribution in [0.2, 0.25) is 0 Å². The molecule has 0 radical (unpaired) electrons. The third-order valence-corrected chi connectivity index (χ3v) is 2.82. The first-order chi connectivity index (χ1) is 7.09. The molecule has 0 spiro atoms. The van der Waals surface area contributed by atoms with Crippen molar-refractivity contribution >= 4 is 34.8 Å². The first kappa shape index (κ1) is 12.3. The Kier molecular flexibility index (Phi) is 4.36. The Morgan fingerprint density at radius 3 is 2.20 bits per heavy atom. The molecule has 0 aromatic heterocycles. The number of carbonyl (C=O) groups excluding carboxylic acids is 2. The molecule has 1 aliphatic rings. The van der Waals surface area contributed by atoms with E-state index >= 15 is 0 Å². The summed E-state index contributed by atoms with van der Waals surface area (Å²) in [4.78, 5) is 22.8. The molecule has 82 valence electrons. The van der Waals surface area contributed by atoms with Crippen LogP contribution in [0.1, 0.15) is 19.8 Å². The Morgan fingerprint density at radius 1 is 1.20 bits per heavy atom. The fraction of sp³-hybridized carbons (Fsp3) is 0.400. The molecule has 3 nitrogen and oxygen atoms in total. The highest BCUT2D eigenvalue weighted by molar-refractivity contribution is 6.64. The van der Waals surface area contributed by atoms with Gasteiger partial charge in [0.15, 0.2) is 0 Å². The van der Waals surface area contributed by atoms with Gasteiger partial charge in [0.05, 0.1) is 5.57 Å². The monoisotopic (exact) mass is 247 g/mol. The molecule has 15 heavy (non-hydrogen) atoms. The lowest BCUT2D eigenvalue weighted by molar-refractivity contribution is -0.115. The molecule has 0 heterocycles. The molecular formula is C10H11Cl2NO2. The van der Waals surface area contributed by atoms with E-state index in [9.17, 15) is 9.59 Å². The first-order valence-corrected chi connectivity index (χ1v) is 5.43. The van der Waals surface area contributed by atoms with Crippen molar-refractivity contribution < 1.29 is 9.59 Å². The second kappa shape index (κ2) is 5.33. The van der Waals surface area contributed by atoms with Crippen LogP contribution in [-0.2, 0) is 9.59 Å². The van der Waals surface area contributed by atoms with Crippen LogP contribution in [0.4, 0.5) is 0 Å². The van der Waals surface area contributed by atoms with E-state index in [0.717, 1.165) is 19.4 Å². The van der Waals surface area contributed by atoms with Crippen molar-refractivity contribution in [3.63, 3.8) is 0 Å². The largest absolute Gasteiger partial charge is 0.390 e. The van der Waals surface area contributed by atoms with E-state index in [1.54, 1.807) is 0 Å². The molecule has 5 heteroatoms. The SMILES string of the molecule is CCCCNC=C1C(=O)C(Cl)=C(Cl)C1=O. The van der Waals surface area contributed by atoms with Gasteiger partial charge in [-0.1, -0.05) is 36.5 Å². The molecule has 0 bridgehead atoms. The summed E-state index contributed by atoms with van der Waals surface area (Å²) in [7, 11) is 0. The van der Waals surface area contributed by atoms with Crippen molar-refractivity contribution in [1.82, 2.24) is 5.32 Å². The number of carbonyl (C=O) groups is 2. The third kappa shape index (κ3) is 2.61. The smallest absolute Gasteiger partial charge is 0.211 e. The standard InChI is InChI=1S/C10H11Cl2NO2/c1-2-3-4-13-5-6-9(14)7(11)8(12)10(6)15/h5,13H,2-4H2,1H3. The predicted octanol–water partition coefficient (Wildman–Crippen LogP) is 2.10. The fourth-order valence-corrected chi connectivity index (χ4v) is 1.50. The summed E-state index contributed by atoms with van der Waals surface area (Å²) in [5.41, 5.74) is 0.0149. The third-order valence-electron chi connectivity index (χ3n) is 2.00. The number of allylic oxidation sites excluding steroid dienone is 3. The zero-order chi connectivity index (χ0) is 11.4. The average Bonchev–Trinajstić information content (AvgIpc) is 2.41. The summed E-state index contributed by atoms with van der Waals surface area (Å²) >= 11 is 11.1. The van der Waals surface area contributed by atoms with Crippen molar-refractivity contribution in [2.45, 2.75) is 19.8 Å². The quantitative estimate of drug-likeness (QED) is 0.470. The Bertz CT molecular complexity index is 332. The van der Waals surface area contributed by atoms with Crippen LogP contribution in [0.15, 0.2) is 21.8 Å². The number of ketones is 2. The van der Waals surface area contributed by atoms with Crippen LogP contribution in [0.3, 0.4) is 0 Å². The molecule has 0 saturated carbocycles. The molecule has 1 rings (SSSR count). The minimum Gasteiger partial charge on any atom is -0.390 e.